The summed E-state index contributed by atoms with van der Waals surface area (Å²) in [4.78, 5) is 0. The molecule has 0 aliphatic heterocycles. The average molecular weight is 275 g/mol. The summed E-state index contributed by atoms with van der Waals surface area (Å²) in [6.45, 7) is -0.147. The first-order chi connectivity index (χ1) is 5.72. The van der Waals surface area contributed by atoms with Crippen molar-refractivity contribution >= 4 is 28.3 Å². The van der Waals surface area contributed by atoms with Crippen molar-refractivity contribution in [2.45, 2.75) is 6.42 Å². The lowest BCUT2D eigenvalue weighted by Gasteiger charge is -2.00. The zero-order valence-electron chi connectivity index (χ0n) is 6.55. The predicted molar refractivity (Wildman–Crippen MR) is 57.7 cm³/mol. The molecule has 2 N–H and O–H groups in total. The van der Waals surface area contributed by atoms with Crippen LogP contribution in [0.5, 0.6) is 0 Å². The maximum atomic E-state index is 8.62. The Labute approximate surface area is 85.3 Å². The van der Waals surface area contributed by atoms with Gasteiger partial charge in [-0.2, -0.15) is 0 Å². The molecule has 0 aliphatic rings. The molecular weight excluding hydrogens is 265 g/mol. The Morgan fingerprint density at radius 3 is 2.42 bits per heavy atom. The van der Waals surface area contributed by atoms with Gasteiger partial charge in [-0.15, -0.1) is 0 Å². The number of hydrogen-bond donors (Lipinski definition) is 2. The third kappa shape index (κ3) is 2.91. The smallest absolute Gasteiger partial charge is 0.0810 e. The van der Waals surface area contributed by atoms with Crippen molar-refractivity contribution in [3.05, 3.63) is 33.4 Å². The third-order valence-electron chi connectivity index (χ3n) is 1.52. The van der Waals surface area contributed by atoms with Crippen molar-refractivity contribution in [3.8, 4) is 0 Å². The van der Waals surface area contributed by atoms with Gasteiger partial charge in [-0.05, 0) is 40.3 Å². The Kier molecular flexibility index (Phi) is 3.68. The molecule has 0 aromatic heterocycles. The predicted octanol–water partition coefficient (Wildman–Crippen LogP) is 1.85. The van der Waals surface area contributed by atoms with Gasteiger partial charge in [0.15, 0.2) is 0 Å². The van der Waals surface area contributed by atoms with Crippen LogP contribution in [0.1, 0.15) is 5.56 Å². The van der Waals surface area contributed by atoms with Gasteiger partial charge in [0.1, 0.15) is 0 Å². The normalized spacial score (nSPS) is 9.83. The van der Waals surface area contributed by atoms with E-state index in [-0.39, 0.29) is 6.61 Å². The Hall–Kier alpha value is -0.420. The minimum absolute atomic E-state index is 0.147. The van der Waals surface area contributed by atoms with Crippen molar-refractivity contribution in [2.24, 2.45) is 0 Å². The van der Waals surface area contributed by atoms with Crippen molar-refractivity contribution < 1.29 is 5.11 Å². The van der Waals surface area contributed by atoms with E-state index in [0.29, 0.717) is 12.1 Å². The molecule has 0 saturated heterocycles. The van der Waals surface area contributed by atoms with Gasteiger partial charge in [-0.1, -0.05) is 12.1 Å². The van der Waals surface area contributed by atoms with E-state index in [1.54, 1.807) is 0 Å². The molecule has 0 bridgehead atoms. The summed E-state index contributed by atoms with van der Waals surface area (Å²) in [6.07, 6.45) is 0.549. The molecular formula is C9H10INO. The second-order valence-electron chi connectivity index (χ2n) is 2.56. The summed E-state index contributed by atoms with van der Waals surface area (Å²) >= 11 is 2.24. The maximum Gasteiger partial charge on any atom is 0.0810 e. The summed E-state index contributed by atoms with van der Waals surface area (Å²) in [5.41, 5.74) is 1.44. The van der Waals surface area contributed by atoms with E-state index < -0.39 is 0 Å². The first-order valence-corrected chi connectivity index (χ1v) is 4.72. The van der Waals surface area contributed by atoms with Crippen LogP contribution < -0.4 is 0 Å². The summed E-state index contributed by atoms with van der Waals surface area (Å²) < 4.78 is 1.19. The monoisotopic (exact) mass is 275 g/mol. The number of hydrogen-bond acceptors (Lipinski definition) is 2. The fourth-order valence-electron chi connectivity index (χ4n) is 0.905. The van der Waals surface area contributed by atoms with Gasteiger partial charge in [0.05, 0.1) is 6.61 Å². The molecule has 12 heavy (non-hydrogen) atoms. The van der Waals surface area contributed by atoms with Crippen molar-refractivity contribution in [3.63, 3.8) is 0 Å². The fourth-order valence-corrected chi connectivity index (χ4v) is 1.26. The van der Waals surface area contributed by atoms with Gasteiger partial charge in [-0.25, -0.2) is 0 Å². The molecule has 64 valence electrons. The Balaban J connectivity index is 2.64. The zero-order valence-corrected chi connectivity index (χ0v) is 8.71. The van der Waals surface area contributed by atoms with Gasteiger partial charge in [0, 0.05) is 15.7 Å². The second-order valence-corrected chi connectivity index (χ2v) is 3.81. The van der Waals surface area contributed by atoms with E-state index in [1.807, 2.05) is 24.3 Å². The van der Waals surface area contributed by atoms with Crippen LogP contribution in [0.25, 0.3) is 0 Å². The van der Waals surface area contributed by atoms with Gasteiger partial charge < -0.3 is 10.5 Å². The van der Waals surface area contributed by atoms with E-state index >= 15 is 0 Å². The van der Waals surface area contributed by atoms with Crippen LogP contribution >= 0.6 is 22.6 Å². The van der Waals surface area contributed by atoms with E-state index in [2.05, 4.69) is 22.6 Å². The molecule has 0 amide bonds. The molecule has 1 aromatic carbocycles. The van der Waals surface area contributed by atoms with Crippen LogP contribution in [-0.4, -0.2) is 17.4 Å². The van der Waals surface area contributed by atoms with Crippen LogP contribution in [0.2, 0.25) is 0 Å². The molecule has 0 heterocycles. The van der Waals surface area contributed by atoms with Crippen LogP contribution in [-0.2, 0) is 6.42 Å². The Morgan fingerprint density at radius 1 is 1.33 bits per heavy atom. The van der Waals surface area contributed by atoms with E-state index in [9.17, 15) is 0 Å². The first-order valence-electron chi connectivity index (χ1n) is 3.64. The molecule has 0 aliphatic carbocycles. The molecule has 0 fully saturated rings. The number of aliphatic hydroxyl groups is 1. The van der Waals surface area contributed by atoms with Crippen molar-refractivity contribution in [1.82, 2.24) is 0 Å². The Morgan fingerprint density at radius 2 is 1.92 bits per heavy atom. The molecule has 0 spiro atoms. The zero-order chi connectivity index (χ0) is 8.97. The number of rotatable bonds is 3. The van der Waals surface area contributed by atoms with Crippen LogP contribution in [0.15, 0.2) is 24.3 Å². The molecule has 2 nitrogen and oxygen atoms in total. The lowest BCUT2D eigenvalue weighted by Crippen LogP contribution is -2.05. The number of nitrogens with one attached hydrogen (secondary N) is 1. The fraction of sp³-hybridized carbons (Fsp3) is 0.222. The highest BCUT2D eigenvalue weighted by Gasteiger charge is 1.96. The van der Waals surface area contributed by atoms with E-state index in [0.717, 1.165) is 5.56 Å². The average Bonchev–Trinajstić information content (AvgIpc) is 2.09. The third-order valence-corrected chi connectivity index (χ3v) is 2.24. The van der Waals surface area contributed by atoms with Crippen molar-refractivity contribution in [2.75, 3.05) is 6.61 Å². The molecule has 3 heteroatoms. The molecule has 1 aromatic rings. The van der Waals surface area contributed by atoms with Gasteiger partial charge in [-0.3, -0.25) is 0 Å². The maximum absolute atomic E-state index is 8.62. The molecule has 0 unspecified atom stereocenters. The Bertz CT molecular complexity index is 268. The molecule has 0 atom stereocenters. The summed E-state index contributed by atoms with van der Waals surface area (Å²) in [5.74, 6) is 0. The molecule has 0 radical (unpaired) electrons. The summed E-state index contributed by atoms with van der Waals surface area (Å²) in [5, 5.41) is 15.9. The van der Waals surface area contributed by atoms with Gasteiger partial charge >= 0.3 is 0 Å². The topological polar surface area (TPSA) is 44.1 Å². The second kappa shape index (κ2) is 4.57. The molecule has 1 rings (SSSR count). The van der Waals surface area contributed by atoms with Crippen molar-refractivity contribution in [1.29, 1.82) is 5.41 Å². The first kappa shape index (κ1) is 9.67. The van der Waals surface area contributed by atoms with Gasteiger partial charge in [0.25, 0.3) is 0 Å². The number of aliphatic hydroxyl groups excluding tert-OH is 1. The van der Waals surface area contributed by atoms with Crippen LogP contribution in [0, 0.1) is 8.98 Å². The number of benzene rings is 1. The highest BCUT2D eigenvalue weighted by atomic mass is 127. The molecule has 0 saturated carbocycles. The standard InChI is InChI=1S/C9H10INO/c10-8-3-1-7(2-4-8)5-9(11)6-12/h1-4,11-12H,5-6H2. The lowest BCUT2D eigenvalue weighted by atomic mass is 10.1. The van der Waals surface area contributed by atoms with E-state index in [4.69, 9.17) is 10.5 Å². The summed E-state index contributed by atoms with van der Waals surface area (Å²) in [7, 11) is 0. The minimum Gasteiger partial charge on any atom is -0.390 e. The summed E-state index contributed by atoms with van der Waals surface area (Å²) in [6, 6.07) is 7.96. The lowest BCUT2D eigenvalue weighted by molar-refractivity contribution is 0.354. The quantitative estimate of drug-likeness (QED) is 0.641. The number of halogens is 1. The highest BCUT2D eigenvalue weighted by molar-refractivity contribution is 14.1. The van der Waals surface area contributed by atoms with E-state index in [1.165, 1.54) is 3.57 Å². The SMILES string of the molecule is N=C(CO)Cc1ccc(I)cc1. The largest absolute Gasteiger partial charge is 0.390 e. The van der Waals surface area contributed by atoms with Crippen LogP contribution in [0.4, 0.5) is 0 Å². The minimum atomic E-state index is -0.147. The highest BCUT2D eigenvalue weighted by Crippen LogP contribution is 2.07. The van der Waals surface area contributed by atoms with Gasteiger partial charge in [0.2, 0.25) is 0 Å². The van der Waals surface area contributed by atoms with Crippen LogP contribution in [0.3, 0.4) is 0 Å².